The number of hydrogen-bond acceptors (Lipinski definition) is 4. The molecule has 1 amide bonds. The van der Waals surface area contributed by atoms with E-state index in [9.17, 15) is 4.79 Å². The molecule has 0 atom stereocenters. The van der Waals surface area contributed by atoms with E-state index in [-0.39, 0.29) is 5.91 Å². The van der Waals surface area contributed by atoms with Gasteiger partial charge in [0.1, 0.15) is 0 Å². The molecule has 1 heterocycles. The predicted molar refractivity (Wildman–Crippen MR) is 132 cm³/mol. The van der Waals surface area contributed by atoms with Crippen molar-refractivity contribution in [2.24, 2.45) is 5.10 Å². The lowest BCUT2D eigenvalue weighted by molar-refractivity contribution is -0.114. The van der Waals surface area contributed by atoms with Gasteiger partial charge in [-0.3, -0.25) is 4.79 Å². The molecule has 0 unspecified atom stereocenters. The molecule has 148 valence electrons. The smallest absolute Gasteiger partial charge is 0.267 e. The standard InChI is InChI=1S/C23H15Br2N3OS/c24-18-9-6-17(7-10-18)15-26-28(22(29)13-8-16-4-2-1-3-5-16)23-27-20-12-11-19(25)14-21(20)30-23/h1-15H/b13-8+,26-15+. The Kier molecular flexibility index (Phi) is 6.52. The first-order chi connectivity index (χ1) is 14.6. The minimum Gasteiger partial charge on any atom is -0.267 e. The van der Waals surface area contributed by atoms with Crippen LogP contribution in [0, 0.1) is 0 Å². The predicted octanol–water partition coefficient (Wildman–Crippen LogP) is 6.90. The van der Waals surface area contributed by atoms with Crippen LogP contribution in [0.2, 0.25) is 0 Å². The van der Waals surface area contributed by atoms with Crippen LogP contribution in [-0.4, -0.2) is 17.1 Å². The molecule has 0 aliphatic rings. The number of nitrogens with zero attached hydrogens (tertiary/aromatic N) is 3. The van der Waals surface area contributed by atoms with E-state index in [1.54, 1.807) is 12.3 Å². The topological polar surface area (TPSA) is 45.6 Å². The fraction of sp³-hybridized carbons (Fsp3) is 0. The molecule has 4 rings (SSSR count). The van der Waals surface area contributed by atoms with Crippen molar-refractivity contribution in [2.75, 3.05) is 5.01 Å². The number of fused-ring (bicyclic) bond motifs is 1. The number of benzene rings is 3. The zero-order valence-corrected chi connectivity index (χ0v) is 19.6. The molecule has 0 saturated carbocycles. The minimum atomic E-state index is -0.273. The first-order valence-electron chi connectivity index (χ1n) is 9.01. The molecule has 0 N–H and O–H groups in total. The van der Waals surface area contributed by atoms with E-state index in [2.05, 4.69) is 41.9 Å². The van der Waals surface area contributed by atoms with E-state index in [1.165, 1.54) is 22.4 Å². The molecular weight excluding hydrogens is 526 g/mol. The summed E-state index contributed by atoms with van der Waals surface area (Å²) in [7, 11) is 0. The molecule has 0 saturated heterocycles. The molecule has 0 fully saturated rings. The molecule has 0 radical (unpaired) electrons. The second-order valence-corrected chi connectivity index (χ2v) is 9.14. The summed E-state index contributed by atoms with van der Waals surface area (Å²) < 4.78 is 2.92. The Labute approximate surface area is 194 Å². The van der Waals surface area contributed by atoms with Gasteiger partial charge in [-0.2, -0.15) is 10.1 Å². The van der Waals surface area contributed by atoms with Gasteiger partial charge in [0, 0.05) is 15.0 Å². The molecule has 4 nitrogen and oxygen atoms in total. The molecule has 3 aromatic carbocycles. The van der Waals surface area contributed by atoms with Crippen molar-refractivity contribution in [3.8, 4) is 0 Å². The van der Waals surface area contributed by atoms with Crippen molar-refractivity contribution in [1.82, 2.24) is 4.98 Å². The normalized spacial score (nSPS) is 11.5. The van der Waals surface area contributed by atoms with Gasteiger partial charge in [-0.05, 0) is 47.5 Å². The van der Waals surface area contributed by atoms with Crippen molar-refractivity contribution in [2.45, 2.75) is 0 Å². The summed E-state index contributed by atoms with van der Waals surface area (Å²) in [4.78, 5) is 17.6. The lowest BCUT2D eigenvalue weighted by atomic mass is 10.2. The Morgan fingerprint density at radius 2 is 1.67 bits per heavy atom. The molecule has 0 aliphatic carbocycles. The van der Waals surface area contributed by atoms with Gasteiger partial charge in [0.2, 0.25) is 5.13 Å². The van der Waals surface area contributed by atoms with Gasteiger partial charge in [-0.15, -0.1) is 0 Å². The number of anilines is 1. The number of carbonyl (C=O) groups excluding carboxylic acids is 1. The number of amides is 1. The molecule has 0 bridgehead atoms. The number of hydrogen-bond donors (Lipinski definition) is 0. The summed E-state index contributed by atoms with van der Waals surface area (Å²) in [5.41, 5.74) is 2.64. The lowest BCUT2D eigenvalue weighted by Crippen LogP contribution is -2.23. The summed E-state index contributed by atoms with van der Waals surface area (Å²) in [6, 6.07) is 23.2. The van der Waals surface area contributed by atoms with Crippen LogP contribution in [0.1, 0.15) is 11.1 Å². The third-order valence-corrected chi connectivity index (χ3v) is 6.15. The van der Waals surface area contributed by atoms with Crippen LogP contribution < -0.4 is 5.01 Å². The highest BCUT2D eigenvalue weighted by Gasteiger charge is 2.17. The van der Waals surface area contributed by atoms with Crippen LogP contribution in [0.5, 0.6) is 0 Å². The number of carbonyl (C=O) groups is 1. The molecule has 0 spiro atoms. The average Bonchev–Trinajstić information content (AvgIpc) is 3.17. The maximum atomic E-state index is 13.0. The highest BCUT2D eigenvalue weighted by Crippen LogP contribution is 2.31. The van der Waals surface area contributed by atoms with Gasteiger partial charge in [-0.25, -0.2) is 4.98 Å². The van der Waals surface area contributed by atoms with Gasteiger partial charge in [0.15, 0.2) is 0 Å². The number of aromatic nitrogens is 1. The SMILES string of the molecule is O=C(/C=C/c1ccccc1)N(/N=C/c1ccc(Br)cc1)c1nc2ccc(Br)cc2s1. The third-order valence-electron chi connectivity index (χ3n) is 4.14. The average molecular weight is 541 g/mol. The number of halogens is 2. The number of hydrazone groups is 1. The van der Waals surface area contributed by atoms with Crippen LogP contribution in [0.4, 0.5) is 5.13 Å². The molecular formula is C23H15Br2N3OS. The van der Waals surface area contributed by atoms with E-state index in [0.717, 1.165) is 30.3 Å². The van der Waals surface area contributed by atoms with Crippen molar-refractivity contribution in [1.29, 1.82) is 0 Å². The van der Waals surface area contributed by atoms with Crippen LogP contribution in [0.3, 0.4) is 0 Å². The van der Waals surface area contributed by atoms with E-state index >= 15 is 0 Å². The maximum Gasteiger partial charge on any atom is 0.273 e. The quantitative estimate of drug-likeness (QED) is 0.157. The summed E-state index contributed by atoms with van der Waals surface area (Å²) >= 11 is 8.32. The van der Waals surface area contributed by atoms with Crippen LogP contribution in [0.15, 0.2) is 92.9 Å². The Bertz CT molecular complexity index is 1230. The van der Waals surface area contributed by atoms with Crippen LogP contribution in [0.25, 0.3) is 16.3 Å². The van der Waals surface area contributed by atoms with Crippen molar-refractivity contribution in [3.05, 3.63) is 98.9 Å². The molecule has 4 aromatic rings. The van der Waals surface area contributed by atoms with E-state index < -0.39 is 0 Å². The van der Waals surface area contributed by atoms with Crippen molar-refractivity contribution in [3.63, 3.8) is 0 Å². The first kappa shape index (κ1) is 20.7. The van der Waals surface area contributed by atoms with Crippen molar-refractivity contribution < 1.29 is 4.79 Å². The monoisotopic (exact) mass is 539 g/mol. The zero-order chi connectivity index (χ0) is 20.9. The fourth-order valence-electron chi connectivity index (χ4n) is 2.65. The van der Waals surface area contributed by atoms with Gasteiger partial charge < -0.3 is 0 Å². The highest BCUT2D eigenvalue weighted by atomic mass is 79.9. The molecule has 30 heavy (non-hydrogen) atoms. The first-order valence-corrected chi connectivity index (χ1v) is 11.4. The van der Waals surface area contributed by atoms with Gasteiger partial charge >= 0.3 is 0 Å². The van der Waals surface area contributed by atoms with Crippen LogP contribution >= 0.6 is 43.2 Å². The Morgan fingerprint density at radius 1 is 0.933 bits per heavy atom. The summed E-state index contributed by atoms with van der Waals surface area (Å²) in [5, 5.41) is 6.30. The molecule has 1 aromatic heterocycles. The van der Waals surface area contributed by atoms with Crippen molar-refractivity contribution >= 4 is 76.7 Å². The third kappa shape index (κ3) is 5.11. The van der Waals surface area contributed by atoms with E-state index in [4.69, 9.17) is 0 Å². The summed E-state index contributed by atoms with van der Waals surface area (Å²) in [5.74, 6) is -0.273. The molecule has 7 heteroatoms. The summed E-state index contributed by atoms with van der Waals surface area (Å²) in [6.07, 6.45) is 4.94. The largest absolute Gasteiger partial charge is 0.273 e. The number of rotatable bonds is 5. The Balaban J connectivity index is 1.68. The molecule has 0 aliphatic heterocycles. The fourth-order valence-corrected chi connectivity index (χ4v) is 4.40. The van der Waals surface area contributed by atoms with Gasteiger partial charge in [-0.1, -0.05) is 85.7 Å². The second-order valence-electron chi connectivity index (χ2n) is 6.30. The summed E-state index contributed by atoms with van der Waals surface area (Å²) in [6.45, 7) is 0. The Hall–Kier alpha value is -2.61. The Morgan fingerprint density at radius 3 is 2.43 bits per heavy atom. The van der Waals surface area contributed by atoms with Gasteiger partial charge in [0.05, 0.1) is 16.4 Å². The van der Waals surface area contributed by atoms with Gasteiger partial charge in [0.25, 0.3) is 5.91 Å². The minimum absolute atomic E-state index is 0.273. The highest BCUT2D eigenvalue weighted by molar-refractivity contribution is 9.10. The zero-order valence-electron chi connectivity index (χ0n) is 15.6. The second kappa shape index (κ2) is 9.47. The lowest BCUT2D eigenvalue weighted by Gasteiger charge is -2.11. The van der Waals surface area contributed by atoms with E-state index in [1.807, 2.05) is 72.8 Å². The number of thiazole rings is 1. The van der Waals surface area contributed by atoms with Crippen LogP contribution in [-0.2, 0) is 4.79 Å². The van der Waals surface area contributed by atoms with E-state index in [0.29, 0.717) is 5.13 Å². The maximum absolute atomic E-state index is 13.0.